The summed E-state index contributed by atoms with van der Waals surface area (Å²) in [5.41, 5.74) is 6.88. The third-order valence-electron chi connectivity index (χ3n) is 5.83. The van der Waals surface area contributed by atoms with E-state index in [2.05, 4.69) is 16.0 Å². The van der Waals surface area contributed by atoms with E-state index in [1.54, 1.807) is 0 Å². The van der Waals surface area contributed by atoms with Crippen molar-refractivity contribution in [1.82, 2.24) is 16.0 Å². The zero-order valence-corrected chi connectivity index (χ0v) is 23.4. The van der Waals surface area contributed by atoms with Crippen LogP contribution in [0, 0.1) is 17.8 Å². The van der Waals surface area contributed by atoms with Gasteiger partial charge < -0.3 is 26.4 Å². The Hall–Kier alpha value is -2.94. The lowest BCUT2D eigenvalue weighted by Gasteiger charge is -2.27. The van der Waals surface area contributed by atoms with E-state index in [1.807, 2.05) is 71.9 Å². The molecule has 9 heteroatoms. The number of benzene rings is 1. The quantitative estimate of drug-likeness (QED) is 0.263. The highest BCUT2D eigenvalue weighted by atomic mass is 16.5. The Labute approximate surface area is 221 Å². The van der Waals surface area contributed by atoms with Crippen LogP contribution in [0.1, 0.15) is 66.4 Å². The molecule has 1 rings (SSSR count). The van der Waals surface area contributed by atoms with Gasteiger partial charge in [-0.3, -0.25) is 14.4 Å². The number of amides is 3. The molecule has 0 aliphatic heterocycles. The highest BCUT2D eigenvalue weighted by Gasteiger charge is 2.31. The molecule has 5 N–H and O–H groups in total. The van der Waals surface area contributed by atoms with Crippen molar-refractivity contribution in [2.24, 2.45) is 23.5 Å². The Bertz CT molecular complexity index is 873. The van der Waals surface area contributed by atoms with Crippen molar-refractivity contribution in [2.75, 3.05) is 7.11 Å². The van der Waals surface area contributed by atoms with E-state index in [0.29, 0.717) is 19.3 Å². The molecular formula is C28H46N4O5. The number of carbonyl (C=O) groups is 4. The molecule has 0 fully saturated rings. The summed E-state index contributed by atoms with van der Waals surface area (Å²) >= 11 is 0. The Kier molecular flexibility index (Phi) is 13.9. The zero-order chi connectivity index (χ0) is 28.1. The minimum absolute atomic E-state index is 0.0827. The Balaban J connectivity index is 3.04. The van der Waals surface area contributed by atoms with Gasteiger partial charge in [0.2, 0.25) is 17.7 Å². The standard InChI is InChI=1S/C28H46N4O5/c1-17(2)13-21(29)25(33)30-22(14-18(3)4)26(34)31-23(15-19(5)6)27(35)32-24(28(36)37-7)16-20-11-9-8-10-12-20/h8-12,17-19,21-24H,13-16,29H2,1-7H3,(H,30,33)(H,31,34)(H,32,35)/t21-,22-,23-,24-/m0/s1. The summed E-state index contributed by atoms with van der Waals surface area (Å²) in [5, 5.41) is 8.33. The highest BCUT2D eigenvalue weighted by Crippen LogP contribution is 2.11. The van der Waals surface area contributed by atoms with Gasteiger partial charge in [-0.15, -0.1) is 0 Å². The van der Waals surface area contributed by atoms with Crippen LogP contribution in [-0.4, -0.2) is 55.0 Å². The predicted octanol–water partition coefficient (Wildman–Crippen LogP) is 2.32. The van der Waals surface area contributed by atoms with Crippen LogP contribution in [0.15, 0.2) is 30.3 Å². The summed E-state index contributed by atoms with van der Waals surface area (Å²) in [5.74, 6) is -1.49. The first-order chi connectivity index (χ1) is 17.3. The van der Waals surface area contributed by atoms with Crippen molar-refractivity contribution in [2.45, 2.75) is 91.4 Å². The van der Waals surface area contributed by atoms with Crippen molar-refractivity contribution in [1.29, 1.82) is 0 Å². The maximum atomic E-state index is 13.3. The molecule has 0 aromatic heterocycles. The number of nitrogens with one attached hydrogen (secondary N) is 3. The molecule has 9 nitrogen and oxygen atoms in total. The van der Waals surface area contributed by atoms with Crippen molar-refractivity contribution in [3.05, 3.63) is 35.9 Å². The summed E-state index contributed by atoms with van der Waals surface area (Å²) in [7, 11) is 1.27. The molecule has 0 radical (unpaired) electrons. The summed E-state index contributed by atoms with van der Waals surface area (Å²) < 4.78 is 4.90. The minimum atomic E-state index is -0.911. The summed E-state index contributed by atoms with van der Waals surface area (Å²) in [6.45, 7) is 11.7. The second kappa shape index (κ2) is 16.0. The number of rotatable bonds is 15. The molecule has 0 aliphatic rings. The number of hydrogen-bond acceptors (Lipinski definition) is 6. The highest BCUT2D eigenvalue weighted by molar-refractivity contribution is 5.94. The molecule has 1 aromatic rings. The molecule has 208 valence electrons. The van der Waals surface area contributed by atoms with Crippen LogP contribution < -0.4 is 21.7 Å². The molecule has 0 heterocycles. The molecule has 0 unspecified atom stereocenters. The van der Waals surface area contributed by atoms with Gasteiger partial charge in [-0.2, -0.15) is 0 Å². The van der Waals surface area contributed by atoms with Crippen molar-refractivity contribution < 1.29 is 23.9 Å². The lowest BCUT2D eigenvalue weighted by molar-refractivity contribution is -0.145. The predicted molar refractivity (Wildman–Crippen MR) is 144 cm³/mol. The van der Waals surface area contributed by atoms with Crippen LogP contribution in [0.5, 0.6) is 0 Å². The number of hydrogen-bond donors (Lipinski definition) is 4. The molecule has 0 aliphatic carbocycles. The number of carbonyl (C=O) groups excluding carboxylic acids is 4. The maximum Gasteiger partial charge on any atom is 0.328 e. The van der Waals surface area contributed by atoms with Gasteiger partial charge in [0, 0.05) is 6.42 Å². The lowest BCUT2D eigenvalue weighted by Crippen LogP contribution is -2.57. The van der Waals surface area contributed by atoms with E-state index in [9.17, 15) is 19.2 Å². The molecular weight excluding hydrogens is 472 g/mol. The third-order valence-corrected chi connectivity index (χ3v) is 5.83. The number of ether oxygens (including phenoxy) is 1. The van der Waals surface area contributed by atoms with Gasteiger partial charge in [0.25, 0.3) is 0 Å². The van der Waals surface area contributed by atoms with E-state index in [0.717, 1.165) is 5.56 Å². The first-order valence-corrected chi connectivity index (χ1v) is 13.1. The first-order valence-electron chi connectivity index (χ1n) is 13.1. The smallest absolute Gasteiger partial charge is 0.328 e. The van der Waals surface area contributed by atoms with Crippen molar-refractivity contribution in [3.63, 3.8) is 0 Å². The average molecular weight is 519 g/mol. The van der Waals surface area contributed by atoms with Gasteiger partial charge in [-0.05, 0) is 42.6 Å². The molecule has 0 saturated carbocycles. The summed E-state index contributed by atoms with van der Waals surface area (Å²) in [6, 6.07) is 5.92. The topological polar surface area (TPSA) is 140 Å². The summed E-state index contributed by atoms with van der Waals surface area (Å²) in [6.07, 6.45) is 1.49. The van der Waals surface area contributed by atoms with E-state index in [1.165, 1.54) is 7.11 Å². The maximum absolute atomic E-state index is 13.3. The van der Waals surface area contributed by atoms with Gasteiger partial charge in [-0.1, -0.05) is 71.9 Å². The SMILES string of the molecule is COC(=O)[C@H](Cc1ccccc1)NC(=O)[C@H](CC(C)C)NC(=O)[C@H](CC(C)C)NC(=O)[C@@H](N)CC(C)C. The van der Waals surface area contributed by atoms with E-state index in [-0.39, 0.29) is 24.2 Å². The Morgan fingerprint density at radius 1 is 0.703 bits per heavy atom. The molecule has 37 heavy (non-hydrogen) atoms. The largest absolute Gasteiger partial charge is 0.467 e. The van der Waals surface area contributed by atoms with Gasteiger partial charge >= 0.3 is 5.97 Å². The van der Waals surface area contributed by atoms with E-state index >= 15 is 0 Å². The number of methoxy groups -OCH3 is 1. The molecule has 4 atom stereocenters. The van der Waals surface area contributed by atoms with Crippen LogP contribution in [0.25, 0.3) is 0 Å². The van der Waals surface area contributed by atoms with Crippen LogP contribution in [0.4, 0.5) is 0 Å². The Morgan fingerprint density at radius 3 is 1.57 bits per heavy atom. The monoisotopic (exact) mass is 518 g/mol. The van der Waals surface area contributed by atoms with E-state index in [4.69, 9.17) is 10.5 Å². The van der Waals surface area contributed by atoms with Crippen LogP contribution >= 0.6 is 0 Å². The number of nitrogens with two attached hydrogens (primary N) is 1. The van der Waals surface area contributed by atoms with E-state index < -0.39 is 47.9 Å². The molecule has 1 aromatic carbocycles. The van der Waals surface area contributed by atoms with Crippen LogP contribution in [0.3, 0.4) is 0 Å². The first kappa shape index (κ1) is 32.1. The van der Waals surface area contributed by atoms with Gasteiger partial charge in [0.1, 0.15) is 18.1 Å². The zero-order valence-electron chi connectivity index (χ0n) is 23.4. The molecule has 0 bridgehead atoms. The van der Waals surface area contributed by atoms with Crippen LogP contribution in [0.2, 0.25) is 0 Å². The second-order valence-corrected chi connectivity index (χ2v) is 10.9. The summed E-state index contributed by atoms with van der Waals surface area (Å²) in [4.78, 5) is 51.7. The molecule has 0 spiro atoms. The third kappa shape index (κ3) is 12.2. The van der Waals surface area contributed by atoms with Gasteiger partial charge in [0.15, 0.2) is 0 Å². The van der Waals surface area contributed by atoms with Gasteiger partial charge in [-0.25, -0.2) is 4.79 Å². The van der Waals surface area contributed by atoms with Gasteiger partial charge in [0.05, 0.1) is 13.2 Å². The molecule has 0 saturated heterocycles. The van der Waals surface area contributed by atoms with Crippen LogP contribution in [-0.2, 0) is 30.3 Å². The fraction of sp³-hybridized carbons (Fsp3) is 0.643. The fourth-order valence-electron chi connectivity index (χ4n) is 4.03. The normalized spacial score (nSPS) is 14.6. The van der Waals surface area contributed by atoms with Crippen molar-refractivity contribution in [3.8, 4) is 0 Å². The average Bonchev–Trinajstić information content (AvgIpc) is 2.81. The lowest BCUT2D eigenvalue weighted by atomic mass is 9.98. The minimum Gasteiger partial charge on any atom is -0.467 e. The Morgan fingerprint density at radius 2 is 1.14 bits per heavy atom. The van der Waals surface area contributed by atoms with Crippen molar-refractivity contribution >= 4 is 23.7 Å². The fourth-order valence-corrected chi connectivity index (χ4v) is 4.03. The molecule has 3 amide bonds. The second-order valence-electron chi connectivity index (χ2n) is 10.9. The number of esters is 1.